The van der Waals surface area contributed by atoms with Crippen molar-refractivity contribution < 1.29 is 19.4 Å². The van der Waals surface area contributed by atoms with Gasteiger partial charge < -0.3 is 19.5 Å². The minimum atomic E-state index is -0.711. The number of hydrogen-bond acceptors (Lipinski definition) is 5. The van der Waals surface area contributed by atoms with Gasteiger partial charge in [0.05, 0.1) is 17.7 Å². The number of likely N-dealkylation sites (tertiary alicyclic amines) is 1. The number of aliphatic hydroxyl groups excluding tert-OH is 1. The van der Waals surface area contributed by atoms with Crippen LogP contribution in [0.2, 0.25) is 0 Å². The summed E-state index contributed by atoms with van der Waals surface area (Å²) in [6.07, 6.45) is 0.795. The Bertz CT molecular complexity index is 665. The number of ether oxygens (including phenoxy) is 2. The molecule has 0 aromatic heterocycles. The molecule has 2 aliphatic rings. The van der Waals surface area contributed by atoms with Crippen molar-refractivity contribution in [3.63, 3.8) is 0 Å². The van der Waals surface area contributed by atoms with E-state index in [1.54, 1.807) is 23.1 Å². The average Bonchev–Trinajstić information content (AvgIpc) is 2.93. The Kier molecular flexibility index (Phi) is 4.00. The second-order valence-corrected chi connectivity index (χ2v) is 6.42. The number of nitriles is 1. The lowest BCUT2D eigenvalue weighted by molar-refractivity contribution is -0.168. The summed E-state index contributed by atoms with van der Waals surface area (Å²) in [5, 5.41) is 18.5. The fourth-order valence-electron chi connectivity index (χ4n) is 3.49. The molecule has 1 aromatic rings. The van der Waals surface area contributed by atoms with E-state index < -0.39 is 18.5 Å². The van der Waals surface area contributed by atoms with Crippen molar-refractivity contribution in [3.8, 4) is 11.8 Å². The third-order valence-corrected chi connectivity index (χ3v) is 4.50. The van der Waals surface area contributed by atoms with Gasteiger partial charge in [0.1, 0.15) is 24.2 Å². The van der Waals surface area contributed by atoms with E-state index in [0.717, 1.165) is 12.0 Å². The summed E-state index contributed by atoms with van der Waals surface area (Å²) >= 11 is 0. The molecule has 0 unspecified atom stereocenters. The van der Waals surface area contributed by atoms with Gasteiger partial charge in [-0.2, -0.15) is 5.26 Å². The molecule has 6 heteroatoms. The fraction of sp³-hybridized carbons (Fsp3) is 0.529. The van der Waals surface area contributed by atoms with E-state index in [-0.39, 0.29) is 11.9 Å². The molecule has 0 saturated carbocycles. The van der Waals surface area contributed by atoms with Gasteiger partial charge in [0.2, 0.25) is 5.91 Å². The Labute approximate surface area is 135 Å². The molecule has 1 N–H and O–H groups in total. The van der Waals surface area contributed by atoms with Crippen LogP contribution in [0.1, 0.15) is 43.9 Å². The van der Waals surface area contributed by atoms with Gasteiger partial charge in [-0.05, 0) is 38.5 Å². The van der Waals surface area contributed by atoms with Crippen molar-refractivity contribution in [2.75, 3.05) is 13.3 Å². The minimum Gasteiger partial charge on any atom is -0.485 e. The number of benzene rings is 1. The molecular formula is C17H20N2O4. The first kappa shape index (κ1) is 15.8. The van der Waals surface area contributed by atoms with Crippen LogP contribution in [-0.2, 0) is 9.53 Å². The first-order chi connectivity index (χ1) is 11.0. The minimum absolute atomic E-state index is 0.0625. The predicted molar refractivity (Wildman–Crippen MR) is 81.5 cm³/mol. The molecule has 0 radical (unpaired) electrons. The Morgan fingerprint density at radius 3 is 2.91 bits per heavy atom. The Hall–Kier alpha value is -2.10. The number of nitrogens with zero attached hydrogens (tertiary/aromatic N) is 2. The summed E-state index contributed by atoms with van der Waals surface area (Å²) in [7, 11) is 0. The molecule has 0 spiro atoms. The summed E-state index contributed by atoms with van der Waals surface area (Å²) < 4.78 is 11.6. The highest BCUT2D eigenvalue weighted by molar-refractivity contribution is 5.79. The molecule has 0 bridgehead atoms. The average molecular weight is 316 g/mol. The molecule has 2 aliphatic heterocycles. The van der Waals surface area contributed by atoms with Gasteiger partial charge in [-0.3, -0.25) is 4.79 Å². The lowest BCUT2D eigenvalue weighted by Gasteiger charge is -2.47. The Morgan fingerprint density at radius 1 is 1.52 bits per heavy atom. The third kappa shape index (κ3) is 2.67. The van der Waals surface area contributed by atoms with E-state index in [9.17, 15) is 15.2 Å². The van der Waals surface area contributed by atoms with E-state index in [1.165, 1.54) is 0 Å². The van der Waals surface area contributed by atoms with Gasteiger partial charge in [0.15, 0.2) is 0 Å². The maximum atomic E-state index is 12.3. The van der Waals surface area contributed by atoms with Gasteiger partial charge in [0, 0.05) is 18.5 Å². The van der Waals surface area contributed by atoms with Crippen LogP contribution in [0.15, 0.2) is 18.2 Å². The molecule has 2 atom stereocenters. The van der Waals surface area contributed by atoms with Gasteiger partial charge in [-0.1, -0.05) is 0 Å². The van der Waals surface area contributed by atoms with Crippen LogP contribution in [0, 0.1) is 11.3 Å². The summed E-state index contributed by atoms with van der Waals surface area (Å²) in [6.45, 7) is 3.94. The highest BCUT2D eigenvalue weighted by Crippen LogP contribution is 2.45. The van der Waals surface area contributed by atoms with Crippen molar-refractivity contribution in [1.82, 2.24) is 4.90 Å². The van der Waals surface area contributed by atoms with Gasteiger partial charge in [-0.25, -0.2) is 0 Å². The summed E-state index contributed by atoms with van der Waals surface area (Å²) in [4.78, 5) is 14.1. The van der Waals surface area contributed by atoms with Crippen LogP contribution >= 0.6 is 0 Å². The standard InChI is InChI=1S/C17H20N2O4/c1-17(2)16(22-10-20)15(19-7-3-4-14(19)21)12-8-11(9-18)5-6-13(12)23-17/h5-6,8,15-16,20H,3-4,7,10H2,1-2H3/t15-,16+/m0/s1. The lowest BCUT2D eigenvalue weighted by atomic mass is 9.85. The molecule has 1 fully saturated rings. The molecule has 1 saturated heterocycles. The number of carbonyl (C=O) groups excluding carboxylic acids is 1. The Morgan fingerprint density at radius 2 is 2.30 bits per heavy atom. The summed E-state index contributed by atoms with van der Waals surface area (Å²) in [6, 6.07) is 6.95. The molecule has 6 nitrogen and oxygen atoms in total. The van der Waals surface area contributed by atoms with E-state index >= 15 is 0 Å². The van der Waals surface area contributed by atoms with E-state index in [4.69, 9.17) is 9.47 Å². The van der Waals surface area contributed by atoms with Crippen LogP contribution in [0.3, 0.4) is 0 Å². The third-order valence-electron chi connectivity index (χ3n) is 4.50. The first-order valence-corrected chi connectivity index (χ1v) is 7.73. The number of hydrogen-bond donors (Lipinski definition) is 1. The molecule has 2 heterocycles. The maximum Gasteiger partial charge on any atom is 0.223 e. The second kappa shape index (κ2) is 5.84. The zero-order valence-corrected chi connectivity index (χ0v) is 13.3. The zero-order valence-electron chi connectivity index (χ0n) is 13.3. The SMILES string of the molecule is CC1(C)Oc2ccc(C#N)cc2[C@H](N2CCCC2=O)[C@H]1OCO. The van der Waals surface area contributed by atoms with Crippen molar-refractivity contribution in [3.05, 3.63) is 29.3 Å². The molecule has 3 rings (SSSR count). The van der Waals surface area contributed by atoms with Gasteiger partial charge >= 0.3 is 0 Å². The first-order valence-electron chi connectivity index (χ1n) is 7.73. The van der Waals surface area contributed by atoms with Crippen LogP contribution in [0.25, 0.3) is 0 Å². The normalized spacial score (nSPS) is 25.7. The molecule has 1 amide bonds. The molecule has 23 heavy (non-hydrogen) atoms. The maximum absolute atomic E-state index is 12.3. The number of carbonyl (C=O) groups is 1. The van der Waals surface area contributed by atoms with E-state index in [0.29, 0.717) is 24.3 Å². The number of amides is 1. The predicted octanol–water partition coefficient (Wildman–Crippen LogP) is 1.73. The van der Waals surface area contributed by atoms with Crippen molar-refractivity contribution in [1.29, 1.82) is 5.26 Å². The van der Waals surface area contributed by atoms with E-state index in [2.05, 4.69) is 6.07 Å². The van der Waals surface area contributed by atoms with Crippen LogP contribution < -0.4 is 4.74 Å². The number of aliphatic hydroxyl groups is 1. The van der Waals surface area contributed by atoms with Crippen molar-refractivity contribution in [2.24, 2.45) is 0 Å². The van der Waals surface area contributed by atoms with Crippen molar-refractivity contribution >= 4 is 5.91 Å². The van der Waals surface area contributed by atoms with Crippen LogP contribution in [0.4, 0.5) is 0 Å². The van der Waals surface area contributed by atoms with Crippen LogP contribution in [-0.4, -0.2) is 41.0 Å². The van der Waals surface area contributed by atoms with Gasteiger partial charge in [-0.15, -0.1) is 0 Å². The summed E-state index contributed by atoms with van der Waals surface area (Å²) in [5.41, 5.74) is 0.556. The monoisotopic (exact) mass is 316 g/mol. The second-order valence-electron chi connectivity index (χ2n) is 6.42. The highest BCUT2D eigenvalue weighted by atomic mass is 16.6. The van der Waals surface area contributed by atoms with Gasteiger partial charge in [0.25, 0.3) is 0 Å². The zero-order chi connectivity index (χ0) is 16.6. The molecular weight excluding hydrogens is 296 g/mol. The smallest absolute Gasteiger partial charge is 0.223 e. The highest BCUT2D eigenvalue weighted by Gasteiger charge is 2.49. The Balaban J connectivity index is 2.13. The quantitative estimate of drug-likeness (QED) is 0.859. The molecule has 1 aromatic carbocycles. The lowest BCUT2D eigenvalue weighted by Crippen LogP contribution is -2.55. The van der Waals surface area contributed by atoms with Crippen molar-refractivity contribution in [2.45, 2.75) is 44.4 Å². The van der Waals surface area contributed by atoms with E-state index in [1.807, 2.05) is 13.8 Å². The number of rotatable bonds is 3. The van der Waals surface area contributed by atoms with Crippen LogP contribution in [0.5, 0.6) is 5.75 Å². The molecule has 122 valence electrons. The fourth-order valence-corrected chi connectivity index (χ4v) is 3.49. The summed E-state index contributed by atoms with van der Waals surface area (Å²) in [5.74, 6) is 0.712. The molecule has 0 aliphatic carbocycles. The topological polar surface area (TPSA) is 82.8 Å². The number of fused-ring (bicyclic) bond motifs is 1. The largest absolute Gasteiger partial charge is 0.485 e.